The lowest BCUT2D eigenvalue weighted by atomic mass is 9.96. The predicted octanol–water partition coefficient (Wildman–Crippen LogP) is 3.76. The van der Waals surface area contributed by atoms with Gasteiger partial charge in [-0.25, -0.2) is 0 Å². The SMILES string of the molecule is C=C1C=Cc2cccc(C(C)C)c2N1. The molecule has 1 heterocycles. The largest absolute Gasteiger partial charge is 0.355 e. The summed E-state index contributed by atoms with van der Waals surface area (Å²) in [7, 11) is 0. The molecule has 72 valence electrons. The fraction of sp³-hybridized carbons (Fsp3) is 0.231. The Labute approximate surface area is 85.2 Å². The summed E-state index contributed by atoms with van der Waals surface area (Å²) in [5.74, 6) is 0.539. The molecule has 1 heteroatoms. The highest BCUT2D eigenvalue weighted by Crippen LogP contribution is 2.32. The van der Waals surface area contributed by atoms with Crippen LogP contribution in [0.25, 0.3) is 6.08 Å². The number of hydrogen-bond acceptors (Lipinski definition) is 1. The third kappa shape index (κ3) is 1.46. The molecule has 1 aromatic rings. The minimum Gasteiger partial charge on any atom is -0.355 e. The first kappa shape index (κ1) is 9.07. The summed E-state index contributed by atoms with van der Waals surface area (Å²) >= 11 is 0. The van der Waals surface area contributed by atoms with E-state index in [0.29, 0.717) is 5.92 Å². The van der Waals surface area contributed by atoms with E-state index < -0.39 is 0 Å². The highest BCUT2D eigenvalue weighted by molar-refractivity contribution is 5.77. The van der Waals surface area contributed by atoms with Crippen LogP contribution in [0.2, 0.25) is 0 Å². The summed E-state index contributed by atoms with van der Waals surface area (Å²) in [6.07, 6.45) is 4.12. The standard InChI is InChI=1S/C13H15N/c1-9(2)12-6-4-5-11-8-7-10(3)14-13(11)12/h4-9,14H,3H2,1-2H3. The molecule has 0 amide bonds. The molecule has 14 heavy (non-hydrogen) atoms. The molecular weight excluding hydrogens is 170 g/mol. The van der Waals surface area contributed by atoms with Crippen molar-refractivity contribution in [3.8, 4) is 0 Å². The fourth-order valence-electron chi connectivity index (χ4n) is 1.75. The fourth-order valence-corrected chi connectivity index (χ4v) is 1.75. The van der Waals surface area contributed by atoms with Gasteiger partial charge in [-0.3, -0.25) is 0 Å². The van der Waals surface area contributed by atoms with Crippen LogP contribution in [0.15, 0.2) is 36.6 Å². The Bertz CT molecular complexity index is 400. The molecule has 2 rings (SSSR count). The molecule has 1 aliphatic heterocycles. The van der Waals surface area contributed by atoms with Gasteiger partial charge in [0.25, 0.3) is 0 Å². The van der Waals surface area contributed by atoms with E-state index in [0.717, 1.165) is 5.70 Å². The highest BCUT2D eigenvalue weighted by atomic mass is 14.9. The first-order valence-corrected chi connectivity index (χ1v) is 4.95. The molecular formula is C13H15N. The topological polar surface area (TPSA) is 12.0 Å². The summed E-state index contributed by atoms with van der Waals surface area (Å²) in [6, 6.07) is 6.40. The van der Waals surface area contributed by atoms with Crippen molar-refractivity contribution in [2.24, 2.45) is 0 Å². The maximum Gasteiger partial charge on any atom is 0.0492 e. The van der Waals surface area contributed by atoms with Crippen molar-refractivity contribution in [2.75, 3.05) is 5.32 Å². The van der Waals surface area contributed by atoms with Crippen molar-refractivity contribution < 1.29 is 0 Å². The Balaban J connectivity index is 2.56. The van der Waals surface area contributed by atoms with E-state index >= 15 is 0 Å². The molecule has 1 aliphatic rings. The van der Waals surface area contributed by atoms with E-state index in [1.54, 1.807) is 0 Å². The van der Waals surface area contributed by atoms with Crippen LogP contribution in [0.3, 0.4) is 0 Å². The molecule has 0 spiro atoms. The van der Waals surface area contributed by atoms with Crippen molar-refractivity contribution in [1.29, 1.82) is 0 Å². The van der Waals surface area contributed by atoms with Gasteiger partial charge >= 0.3 is 0 Å². The summed E-state index contributed by atoms with van der Waals surface area (Å²) in [6.45, 7) is 8.33. The van der Waals surface area contributed by atoms with Crippen LogP contribution in [0.4, 0.5) is 5.69 Å². The van der Waals surface area contributed by atoms with E-state index in [4.69, 9.17) is 0 Å². The van der Waals surface area contributed by atoms with E-state index in [-0.39, 0.29) is 0 Å². The summed E-state index contributed by atoms with van der Waals surface area (Å²) in [5.41, 5.74) is 4.79. The van der Waals surface area contributed by atoms with Gasteiger partial charge in [0, 0.05) is 11.4 Å². The van der Waals surface area contributed by atoms with Crippen LogP contribution in [-0.2, 0) is 0 Å². The maximum absolute atomic E-state index is 3.92. The second-order valence-corrected chi connectivity index (χ2v) is 3.95. The van der Waals surface area contributed by atoms with Crippen LogP contribution in [0, 0.1) is 0 Å². The maximum atomic E-state index is 3.92. The Kier molecular flexibility index (Phi) is 2.16. The number of fused-ring (bicyclic) bond motifs is 1. The summed E-state index contributed by atoms with van der Waals surface area (Å²) in [4.78, 5) is 0. The van der Waals surface area contributed by atoms with Crippen molar-refractivity contribution in [1.82, 2.24) is 0 Å². The lowest BCUT2D eigenvalue weighted by molar-refractivity contribution is 0.868. The van der Waals surface area contributed by atoms with Gasteiger partial charge in [0.1, 0.15) is 0 Å². The normalized spacial score (nSPS) is 14.1. The number of hydrogen-bond donors (Lipinski definition) is 1. The Morgan fingerprint density at radius 1 is 1.21 bits per heavy atom. The van der Waals surface area contributed by atoms with E-state index in [1.165, 1.54) is 16.8 Å². The van der Waals surface area contributed by atoms with Crippen molar-refractivity contribution in [3.05, 3.63) is 47.7 Å². The molecule has 0 aromatic heterocycles. The number of para-hydroxylation sites is 1. The van der Waals surface area contributed by atoms with Gasteiger partial charge in [-0.15, -0.1) is 0 Å². The first-order valence-electron chi connectivity index (χ1n) is 4.95. The van der Waals surface area contributed by atoms with Crippen molar-refractivity contribution >= 4 is 11.8 Å². The van der Waals surface area contributed by atoms with E-state index in [9.17, 15) is 0 Å². The molecule has 1 nitrogen and oxygen atoms in total. The van der Waals surface area contributed by atoms with Crippen LogP contribution in [0.1, 0.15) is 30.9 Å². The Hall–Kier alpha value is -1.50. The molecule has 1 aromatic carbocycles. The molecule has 0 bridgehead atoms. The number of allylic oxidation sites excluding steroid dienone is 1. The van der Waals surface area contributed by atoms with Gasteiger partial charge in [0.05, 0.1) is 0 Å². The third-order valence-electron chi connectivity index (χ3n) is 2.50. The molecule has 0 saturated carbocycles. The van der Waals surface area contributed by atoms with Crippen molar-refractivity contribution in [3.63, 3.8) is 0 Å². The molecule has 0 atom stereocenters. The molecule has 0 unspecified atom stereocenters. The van der Waals surface area contributed by atoms with Gasteiger partial charge < -0.3 is 5.32 Å². The highest BCUT2D eigenvalue weighted by Gasteiger charge is 2.12. The molecule has 0 fully saturated rings. The van der Waals surface area contributed by atoms with Gasteiger partial charge in [-0.05, 0) is 23.1 Å². The Morgan fingerprint density at radius 3 is 2.71 bits per heavy atom. The zero-order chi connectivity index (χ0) is 10.1. The van der Waals surface area contributed by atoms with Gasteiger partial charge in [-0.2, -0.15) is 0 Å². The number of benzene rings is 1. The second-order valence-electron chi connectivity index (χ2n) is 3.95. The predicted molar refractivity (Wildman–Crippen MR) is 62.3 cm³/mol. The van der Waals surface area contributed by atoms with Crippen LogP contribution in [-0.4, -0.2) is 0 Å². The number of anilines is 1. The third-order valence-corrected chi connectivity index (χ3v) is 2.50. The molecule has 1 N–H and O–H groups in total. The molecule has 0 aliphatic carbocycles. The van der Waals surface area contributed by atoms with Crippen molar-refractivity contribution in [2.45, 2.75) is 19.8 Å². The first-order chi connectivity index (χ1) is 6.68. The van der Waals surface area contributed by atoms with E-state index in [2.05, 4.69) is 50.0 Å². The average molecular weight is 185 g/mol. The monoisotopic (exact) mass is 185 g/mol. The van der Waals surface area contributed by atoms with Gasteiger partial charge in [-0.1, -0.05) is 44.7 Å². The second kappa shape index (κ2) is 3.33. The lowest BCUT2D eigenvalue weighted by Crippen LogP contribution is -2.05. The van der Waals surface area contributed by atoms with E-state index in [1.807, 2.05) is 6.08 Å². The quantitative estimate of drug-likeness (QED) is 0.702. The van der Waals surface area contributed by atoms with Gasteiger partial charge in [0.2, 0.25) is 0 Å². The zero-order valence-electron chi connectivity index (χ0n) is 8.67. The smallest absolute Gasteiger partial charge is 0.0492 e. The number of nitrogens with one attached hydrogen (secondary N) is 1. The Morgan fingerprint density at radius 2 is 2.00 bits per heavy atom. The lowest BCUT2D eigenvalue weighted by Gasteiger charge is -2.20. The molecule has 0 radical (unpaired) electrons. The molecule has 0 saturated heterocycles. The minimum absolute atomic E-state index is 0.539. The number of rotatable bonds is 1. The van der Waals surface area contributed by atoms with Gasteiger partial charge in [0.15, 0.2) is 0 Å². The van der Waals surface area contributed by atoms with Crippen LogP contribution >= 0.6 is 0 Å². The zero-order valence-corrected chi connectivity index (χ0v) is 8.67. The summed E-state index contributed by atoms with van der Waals surface area (Å²) < 4.78 is 0. The van der Waals surface area contributed by atoms with Crippen LogP contribution < -0.4 is 5.32 Å². The van der Waals surface area contributed by atoms with Crippen LogP contribution in [0.5, 0.6) is 0 Å². The minimum atomic E-state index is 0.539. The summed E-state index contributed by atoms with van der Waals surface area (Å²) in [5, 5.41) is 3.33. The average Bonchev–Trinajstić information content (AvgIpc) is 2.16.